The number of carbonyl (C=O) groups excluding carboxylic acids is 2. The summed E-state index contributed by atoms with van der Waals surface area (Å²) in [6.45, 7) is 10.7. The molecule has 1 unspecified atom stereocenters. The molecule has 2 atom stereocenters. The summed E-state index contributed by atoms with van der Waals surface area (Å²) >= 11 is 0. The van der Waals surface area contributed by atoms with Crippen LogP contribution in [-0.4, -0.2) is 11.8 Å². The number of esters is 1. The summed E-state index contributed by atoms with van der Waals surface area (Å²) in [5, 5.41) is 0. The molecular weight excluding hydrogens is 288 g/mol. The van der Waals surface area contributed by atoms with E-state index >= 15 is 0 Å². The molecule has 1 fully saturated rings. The van der Waals surface area contributed by atoms with Gasteiger partial charge in [0.15, 0.2) is 5.78 Å². The largest absolute Gasteiger partial charge is 0.422 e. The molecule has 3 nitrogen and oxygen atoms in total. The maximum atomic E-state index is 13.0. The molecule has 1 aliphatic heterocycles. The first-order valence-electron chi connectivity index (χ1n) is 8.38. The lowest BCUT2D eigenvalue weighted by atomic mass is 9.50. The van der Waals surface area contributed by atoms with Crippen LogP contribution in [0.1, 0.15) is 67.9 Å². The van der Waals surface area contributed by atoms with Crippen molar-refractivity contribution in [1.29, 1.82) is 0 Å². The Hall–Kier alpha value is -1.90. The zero-order valence-corrected chi connectivity index (χ0v) is 14.0. The highest BCUT2D eigenvalue weighted by molar-refractivity contribution is 6.24. The van der Waals surface area contributed by atoms with Gasteiger partial charge in [-0.25, -0.2) is 4.79 Å². The lowest BCUT2D eigenvalue weighted by molar-refractivity contribution is -0.126. The van der Waals surface area contributed by atoms with Gasteiger partial charge >= 0.3 is 5.97 Å². The van der Waals surface area contributed by atoms with E-state index in [1.165, 1.54) is 6.42 Å². The van der Waals surface area contributed by atoms with Gasteiger partial charge in [0.2, 0.25) is 0 Å². The van der Waals surface area contributed by atoms with Gasteiger partial charge in [0, 0.05) is 17.5 Å². The predicted molar refractivity (Wildman–Crippen MR) is 88.5 cm³/mol. The molecule has 0 saturated heterocycles. The maximum absolute atomic E-state index is 13.0. The van der Waals surface area contributed by atoms with E-state index in [2.05, 4.69) is 27.4 Å². The highest BCUT2D eigenvalue weighted by Gasteiger charge is 2.53. The second-order valence-electron chi connectivity index (χ2n) is 8.17. The van der Waals surface area contributed by atoms with Crippen LogP contribution in [0.15, 0.2) is 18.7 Å². The Morgan fingerprint density at radius 2 is 1.87 bits per heavy atom. The zero-order chi connectivity index (χ0) is 16.6. The first-order valence-corrected chi connectivity index (χ1v) is 8.38. The summed E-state index contributed by atoms with van der Waals surface area (Å²) < 4.78 is 5.25. The Morgan fingerprint density at radius 3 is 2.61 bits per heavy atom. The van der Waals surface area contributed by atoms with Crippen molar-refractivity contribution in [2.45, 2.75) is 51.9 Å². The first-order chi connectivity index (χ1) is 10.8. The van der Waals surface area contributed by atoms with E-state index in [0.717, 1.165) is 18.4 Å². The molecule has 3 heteroatoms. The van der Waals surface area contributed by atoms with Crippen LogP contribution in [0.25, 0.3) is 5.57 Å². The number of ether oxygens (including phenoxy) is 1. The minimum absolute atomic E-state index is 0.0219. The Labute approximate surface area is 136 Å². The summed E-state index contributed by atoms with van der Waals surface area (Å²) in [6.07, 6.45) is 3.96. The van der Waals surface area contributed by atoms with Crippen LogP contribution >= 0.6 is 0 Å². The average molecular weight is 310 g/mol. The van der Waals surface area contributed by atoms with Gasteiger partial charge in [-0.2, -0.15) is 0 Å². The molecule has 3 aliphatic rings. The molecule has 0 amide bonds. The molecule has 1 heterocycles. The fourth-order valence-corrected chi connectivity index (χ4v) is 5.23. The van der Waals surface area contributed by atoms with Crippen molar-refractivity contribution in [2.24, 2.45) is 11.3 Å². The maximum Gasteiger partial charge on any atom is 0.343 e. The fraction of sp³-hybridized carbons (Fsp3) is 0.500. The van der Waals surface area contributed by atoms with Gasteiger partial charge in [0.05, 0.1) is 5.57 Å². The summed E-state index contributed by atoms with van der Waals surface area (Å²) in [6, 6.07) is 3.85. The molecule has 0 aromatic heterocycles. The molecule has 4 rings (SSSR count). The number of carbonyl (C=O) groups is 2. The normalized spacial score (nSPS) is 31.3. The van der Waals surface area contributed by atoms with Gasteiger partial charge in [-0.15, -0.1) is 0 Å². The third-order valence-electron chi connectivity index (χ3n) is 6.43. The SMILES string of the molecule is C=C1C(=O)Oc2ccc3c(c21)C(=O)CC1C(C)(C)CCC[C@]31C. The third kappa shape index (κ3) is 1.76. The highest BCUT2D eigenvalue weighted by atomic mass is 16.5. The van der Waals surface area contributed by atoms with Crippen molar-refractivity contribution in [3.05, 3.63) is 35.4 Å². The molecule has 0 radical (unpaired) electrons. The van der Waals surface area contributed by atoms with Crippen LogP contribution < -0.4 is 4.74 Å². The van der Waals surface area contributed by atoms with Crippen LogP contribution in [0.2, 0.25) is 0 Å². The Balaban J connectivity index is 1.97. The van der Waals surface area contributed by atoms with Crippen molar-refractivity contribution in [3.8, 4) is 5.75 Å². The average Bonchev–Trinajstić information content (AvgIpc) is 2.76. The quantitative estimate of drug-likeness (QED) is 0.408. The van der Waals surface area contributed by atoms with Gasteiger partial charge in [0.25, 0.3) is 0 Å². The smallest absolute Gasteiger partial charge is 0.343 e. The summed E-state index contributed by atoms with van der Waals surface area (Å²) in [4.78, 5) is 24.8. The Bertz CT molecular complexity index is 771. The van der Waals surface area contributed by atoms with Crippen molar-refractivity contribution >= 4 is 17.3 Å². The van der Waals surface area contributed by atoms with Gasteiger partial charge in [-0.1, -0.05) is 39.8 Å². The van der Waals surface area contributed by atoms with E-state index in [0.29, 0.717) is 34.8 Å². The number of hydrogen-bond donors (Lipinski definition) is 0. The van der Waals surface area contributed by atoms with Crippen molar-refractivity contribution in [2.75, 3.05) is 0 Å². The standard InChI is InChI=1S/C20H22O3/c1-11-16-14(23-18(11)22)7-6-12-17(16)13(21)10-15-19(2,3)8-5-9-20(12,15)4/h6-7,15H,1,5,8-10H2,2-4H3/t15?,20-/m1/s1. The molecule has 1 saturated carbocycles. The van der Waals surface area contributed by atoms with E-state index in [9.17, 15) is 9.59 Å². The fourth-order valence-electron chi connectivity index (χ4n) is 5.23. The van der Waals surface area contributed by atoms with Crippen molar-refractivity contribution in [1.82, 2.24) is 0 Å². The summed E-state index contributed by atoms with van der Waals surface area (Å²) in [7, 11) is 0. The van der Waals surface area contributed by atoms with Crippen LogP contribution in [0, 0.1) is 11.3 Å². The Kier molecular flexibility index (Phi) is 2.77. The topological polar surface area (TPSA) is 43.4 Å². The minimum atomic E-state index is -0.433. The lowest BCUT2D eigenvalue weighted by Gasteiger charge is -2.54. The second kappa shape index (κ2) is 4.34. The minimum Gasteiger partial charge on any atom is -0.422 e. The monoisotopic (exact) mass is 310 g/mol. The number of hydrogen-bond acceptors (Lipinski definition) is 3. The highest BCUT2D eigenvalue weighted by Crippen LogP contribution is 2.58. The molecule has 2 aliphatic carbocycles. The van der Waals surface area contributed by atoms with Crippen LogP contribution in [0.4, 0.5) is 0 Å². The zero-order valence-electron chi connectivity index (χ0n) is 14.0. The molecular formula is C20H22O3. The lowest BCUT2D eigenvalue weighted by Crippen LogP contribution is -2.49. The number of rotatable bonds is 0. The first kappa shape index (κ1) is 14.7. The summed E-state index contributed by atoms with van der Waals surface area (Å²) in [5.74, 6) is 0.531. The second-order valence-corrected chi connectivity index (χ2v) is 8.17. The number of fused-ring (bicyclic) bond motifs is 5. The van der Waals surface area contributed by atoms with Crippen LogP contribution in [0.5, 0.6) is 5.75 Å². The van der Waals surface area contributed by atoms with Crippen LogP contribution in [-0.2, 0) is 10.2 Å². The van der Waals surface area contributed by atoms with Crippen molar-refractivity contribution in [3.63, 3.8) is 0 Å². The molecule has 23 heavy (non-hydrogen) atoms. The Morgan fingerprint density at radius 1 is 1.13 bits per heavy atom. The molecule has 0 bridgehead atoms. The summed E-state index contributed by atoms with van der Waals surface area (Å²) in [5.41, 5.74) is 2.87. The van der Waals surface area contributed by atoms with E-state index < -0.39 is 5.97 Å². The van der Waals surface area contributed by atoms with E-state index in [1.54, 1.807) is 0 Å². The van der Waals surface area contributed by atoms with Crippen LogP contribution in [0.3, 0.4) is 0 Å². The predicted octanol–water partition coefficient (Wildman–Crippen LogP) is 4.29. The molecule has 0 spiro atoms. The number of ketones is 1. The van der Waals surface area contributed by atoms with Crippen molar-refractivity contribution < 1.29 is 14.3 Å². The molecule has 0 N–H and O–H groups in total. The number of Topliss-reactive ketones (excluding diaryl/α,β-unsaturated/α-hetero) is 1. The van der Waals surface area contributed by atoms with E-state index in [-0.39, 0.29) is 16.6 Å². The molecule has 1 aromatic carbocycles. The number of benzene rings is 1. The van der Waals surface area contributed by atoms with Gasteiger partial charge in [-0.3, -0.25) is 4.79 Å². The van der Waals surface area contributed by atoms with Gasteiger partial charge < -0.3 is 4.74 Å². The van der Waals surface area contributed by atoms with E-state index in [4.69, 9.17) is 4.74 Å². The molecule has 120 valence electrons. The van der Waals surface area contributed by atoms with Gasteiger partial charge in [0.1, 0.15) is 5.75 Å². The van der Waals surface area contributed by atoms with Gasteiger partial charge in [-0.05, 0) is 41.2 Å². The third-order valence-corrected chi connectivity index (χ3v) is 6.43. The molecule has 1 aromatic rings. The van der Waals surface area contributed by atoms with E-state index in [1.807, 2.05) is 12.1 Å².